The van der Waals surface area contributed by atoms with E-state index >= 15 is 0 Å². The van der Waals surface area contributed by atoms with Crippen molar-refractivity contribution in [1.29, 1.82) is 0 Å². The molecule has 0 spiro atoms. The summed E-state index contributed by atoms with van der Waals surface area (Å²) in [5.74, 6) is -0.434. The van der Waals surface area contributed by atoms with Crippen LogP contribution < -0.4 is 4.90 Å². The zero-order chi connectivity index (χ0) is 21.0. The maximum absolute atomic E-state index is 13.1. The number of nitrogens with zero attached hydrogens (tertiary/aromatic N) is 2. The summed E-state index contributed by atoms with van der Waals surface area (Å²) in [5, 5.41) is 0. The SMILES string of the molecule is C[C@H](c1ccccc1)N(C)C(=O)C[NH+]1CCN(S(=O)(=O)c2ccc(F)cc2)CC1. The zero-order valence-corrected chi connectivity index (χ0v) is 17.5. The number of carbonyl (C=O) groups excluding carboxylic acids is 1. The molecule has 2 aromatic rings. The molecule has 6 nitrogen and oxygen atoms in total. The Hall–Kier alpha value is -2.29. The van der Waals surface area contributed by atoms with Gasteiger partial charge in [-0.1, -0.05) is 30.3 Å². The highest BCUT2D eigenvalue weighted by molar-refractivity contribution is 7.89. The lowest BCUT2D eigenvalue weighted by molar-refractivity contribution is -0.896. The average molecular weight is 421 g/mol. The van der Waals surface area contributed by atoms with E-state index < -0.39 is 15.8 Å². The smallest absolute Gasteiger partial charge is 0.278 e. The first kappa shape index (κ1) is 21.4. The number of piperazine rings is 1. The van der Waals surface area contributed by atoms with E-state index in [1.54, 1.807) is 11.9 Å². The van der Waals surface area contributed by atoms with E-state index in [4.69, 9.17) is 0 Å². The van der Waals surface area contributed by atoms with Crippen LogP contribution in [0, 0.1) is 5.82 Å². The van der Waals surface area contributed by atoms with Crippen molar-refractivity contribution in [2.45, 2.75) is 17.9 Å². The van der Waals surface area contributed by atoms with Crippen molar-refractivity contribution in [2.24, 2.45) is 0 Å². The van der Waals surface area contributed by atoms with Crippen molar-refractivity contribution >= 4 is 15.9 Å². The molecule has 0 radical (unpaired) electrons. The summed E-state index contributed by atoms with van der Waals surface area (Å²) >= 11 is 0. The Bertz CT molecular complexity index is 927. The van der Waals surface area contributed by atoms with Crippen LogP contribution in [0.15, 0.2) is 59.5 Å². The van der Waals surface area contributed by atoms with Crippen LogP contribution in [-0.4, -0.2) is 63.3 Å². The van der Waals surface area contributed by atoms with E-state index in [2.05, 4.69) is 0 Å². The highest BCUT2D eigenvalue weighted by Gasteiger charge is 2.32. The number of hydrogen-bond donors (Lipinski definition) is 1. The lowest BCUT2D eigenvalue weighted by Crippen LogP contribution is -3.15. The Balaban J connectivity index is 1.55. The van der Waals surface area contributed by atoms with Gasteiger partial charge in [0.2, 0.25) is 10.0 Å². The number of quaternary nitrogens is 1. The lowest BCUT2D eigenvalue weighted by Gasteiger charge is -2.33. The monoisotopic (exact) mass is 420 g/mol. The van der Waals surface area contributed by atoms with E-state index in [0.717, 1.165) is 22.6 Å². The Morgan fingerprint density at radius 1 is 1.10 bits per heavy atom. The first-order valence-electron chi connectivity index (χ1n) is 9.69. The molecule has 1 atom stereocenters. The van der Waals surface area contributed by atoms with Gasteiger partial charge in [0.15, 0.2) is 6.54 Å². The zero-order valence-electron chi connectivity index (χ0n) is 16.7. The molecule has 0 saturated carbocycles. The summed E-state index contributed by atoms with van der Waals surface area (Å²) in [7, 11) is -1.84. The molecule has 0 aromatic heterocycles. The van der Waals surface area contributed by atoms with Crippen LogP contribution in [0.2, 0.25) is 0 Å². The summed E-state index contributed by atoms with van der Waals surface area (Å²) in [6.07, 6.45) is 0. The quantitative estimate of drug-likeness (QED) is 0.757. The van der Waals surface area contributed by atoms with Gasteiger partial charge in [0, 0.05) is 7.05 Å². The largest absolute Gasteiger partial charge is 0.334 e. The van der Waals surface area contributed by atoms with Crippen molar-refractivity contribution in [3.05, 3.63) is 66.0 Å². The van der Waals surface area contributed by atoms with Crippen LogP contribution in [0.3, 0.4) is 0 Å². The third-order valence-electron chi connectivity index (χ3n) is 5.54. The van der Waals surface area contributed by atoms with Crippen molar-refractivity contribution in [3.63, 3.8) is 0 Å². The van der Waals surface area contributed by atoms with Crippen LogP contribution in [-0.2, 0) is 14.8 Å². The van der Waals surface area contributed by atoms with Crippen LogP contribution in [0.1, 0.15) is 18.5 Å². The fourth-order valence-electron chi connectivity index (χ4n) is 3.48. The second-order valence-corrected chi connectivity index (χ2v) is 9.31. The van der Waals surface area contributed by atoms with Crippen molar-refractivity contribution in [2.75, 3.05) is 39.8 Å². The summed E-state index contributed by atoms with van der Waals surface area (Å²) < 4.78 is 39.9. The summed E-state index contributed by atoms with van der Waals surface area (Å²) in [5.41, 5.74) is 1.08. The van der Waals surface area contributed by atoms with Gasteiger partial charge in [0.25, 0.3) is 5.91 Å². The Morgan fingerprint density at radius 2 is 1.69 bits per heavy atom. The van der Waals surface area contributed by atoms with Gasteiger partial charge < -0.3 is 9.80 Å². The molecule has 0 bridgehead atoms. The molecular weight excluding hydrogens is 393 g/mol. The Morgan fingerprint density at radius 3 is 2.28 bits per heavy atom. The summed E-state index contributed by atoms with van der Waals surface area (Å²) in [6, 6.07) is 14.7. The summed E-state index contributed by atoms with van der Waals surface area (Å²) in [6.45, 7) is 4.11. The predicted octanol–water partition coefficient (Wildman–Crippen LogP) is 0.935. The molecule has 156 valence electrons. The van der Waals surface area contributed by atoms with E-state index in [1.165, 1.54) is 16.4 Å². The van der Waals surface area contributed by atoms with E-state index in [-0.39, 0.29) is 16.8 Å². The number of benzene rings is 2. The third-order valence-corrected chi connectivity index (χ3v) is 7.45. The number of sulfonamides is 1. The van der Waals surface area contributed by atoms with Crippen LogP contribution in [0.4, 0.5) is 4.39 Å². The predicted molar refractivity (Wildman–Crippen MR) is 108 cm³/mol. The molecule has 1 fully saturated rings. The topological polar surface area (TPSA) is 62.1 Å². The number of carbonyl (C=O) groups is 1. The highest BCUT2D eigenvalue weighted by Crippen LogP contribution is 2.18. The van der Waals surface area contributed by atoms with Gasteiger partial charge in [0.05, 0.1) is 37.1 Å². The van der Waals surface area contributed by atoms with Gasteiger partial charge in [-0.2, -0.15) is 4.31 Å². The molecule has 2 aromatic carbocycles. The fraction of sp³-hybridized carbons (Fsp3) is 0.381. The van der Waals surface area contributed by atoms with Crippen molar-refractivity contribution < 1.29 is 22.5 Å². The van der Waals surface area contributed by atoms with Gasteiger partial charge in [0.1, 0.15) is 5.82 Å². The fourth-order valence-corrected chi connectivity index (χ4v) is 4.93. The first-order valence-corrected chi connectivity index (χ1v) is 11.1. The molecule has 1 amide bonds. The molecule has 3 rings (SSSR count). The van der Waals surface area contributed by atoms with Crippen LogP contribution in [0.25, 0.3) is 0 Å². The molecule has 8 heteroatoms. The van der Waals surface area contributed by atoms with Crippen molar-refractivity contribution in [1.82, 2.24) is 9.21 Å². The average Bonchev–Trinajstić information content (AvgIpc) is 2.74. The molecular formula is C21H27FN3O3S+. The minimum Gasteiger partial charge on any atom is -0.334 e. The minimum absolute atomic E-state index is 0.0248. The Labute approximate surface area is 171 Å². The van der Waals surface area contributed by atoms with E-state index in [9.17, 15) is 17.6 Å². The standard InChI is InChI=1S/C21H26FN3O3S/c1-17(18-6-4-3-5-7-18)23(2)21(26)16-24-12-14-25(15-13-24)29(27,28)20-10-8-19(22)9-11-20/h3-11,17H,12-16H2,1-2H3/p+1/t17-/m1/s1. The molecule has 1 aliphatic rings. The first-order chi connectivity index (χ1) is 13.8. The van der Waals surface area contributed by atoms with Crippen LogP contribution >= 0.6 is 0 Å². The molecule has 0 unspecified atom stereocenters. The Kier molecular flexibility index (Phi) is 6.66. The van der Waals surface area contributed by atoms with Gasteiger partial charge >= 0.3 is 0 Å². The molecule has 1 aliphatic heterocycles. The number of halogens is 1. The number of likely N-dealkylation sites (N-methyl/N-ethyl adjacent to an activating group) is 1. The van der Waals surface area contributed by atoms with Gasteiger partial charge in [-0.3, -0.25) is 4.79 Å². The second kappa shape index (κ2) is 9.02. The number of amides is 1. The number of nitrogens with one attached hydrogen (secondary N) is 1. The second-order valence-electron chi connectivity index (χ2n) is 7.38. The van der Waals surface area contributed by atoms with Gasteiger partial charge in [-0.15, -0.1) is 0 Å². The lowest BCUT2D eigenvalue weighted by atomic mass is 10.1. The maximum Gasteiger partial charge on any atom is 0.278 e. The van der Waals surface area contributed by atoms with E-state index in [1.807, 2.05) is 37.3 Å². The summed E-state index contributed by atoms with van der Waals surface area (Å²) in [4.78, 5) is 15.6. The maximum atomic E-state index is 13.1. The van der Waals surface area contributed by atoms with E-state index in [0.29, 0.717) is 32.7 Å². The molecule has 1 saturated heterocycles. The molecule has 0 aliphatic carbocycles. The normalized spacial score (nSPS) is 17.1. The van der Waals surface area contributed by atoms with Crippen molar-refractivity contribution in [3.8, 4) is 0 Å². The molecule has 1 heterocycles. The molecule has 29 heavy (non-hydrogen) atoms. The number of hydrogen-bond acceptors (Lipinski definition) is 3. The highest BCUT2D eigenvalue weighted by atomic mass is 32.2. The molecule has 1 N–H and O–H groups in total. The third kappa shape index (κ3) is 5.01. The van der Waals surface area contributed by atoms with Crippen LogP contribution in [0.5, 0.6) is 0 Å². The number of rotatable bonds is 6. The minimum atomic E-state index is -3.64. The van der Waals surface area contributed by atoms with Gasteiger partial charge in [-0.05, 0) is 36.8 Å². The van der Waals surface area contributed by atoms with Gasteiger partial charge in [-0.25, -0.2) is 12.8 Å².